The van der Waals surface area contributed by atoms with Crippen LogP contribution < -0.4 is 14.8 Å². The maximum Gasteiger partial charge on any atom is 0.321 e. The molecule has 2 amide bonds. The Morgan fingerprint density at radius 2 is 1.80 bits per heavy atom. The molecule has 1 aromatic rings. The molecule has 1 saturated carbocycles. The van der Waals surface area contributed by atoms with Gasteiger partial charge in [-0.05, 0) is 37.8 Å². The summed E-state index contributed by atoms with van der Waals surface area (Å²) in [6.07, 6.45) is 4.97. The monoisotopic (exact) mass is 346 g/mol. The van der Waals surface area contributed by atoms with Crippen molar-refractivity contribution >= 4 is 17.7 Å². The Morgan fingerprint density at radius 1 is 1.12 bits per heavy atom. The summed E-state index contributed by atoms with van der Waals surface area (Å²) in [5, 5.41) is 11.9. The number of carboxylic acids is 1. The quantitative estimate of drug-likeness (QED) is 0.859. The van der Waals surface area contributed by atoms with Crippen molar-refractivity contribution < 1.29 is 24.2 Å². The number of amides is 2. The summed E-state index contributed by atoms with van der Waals surface area (Å²) in [7, 11) is 0. The van der Waals surface area contributed by atoms with Gasteiger partial charge in [-0.1, -0.05) is 0 Å². The van der Waals surface area contributed by atoms with Gasteiger partial charge in [0, 0.05) is 37.7 Å². The molecule has 0 bridgehead atoms. The van der Waals surface area contributed by atoms with E-state index < -0.39 is 11.8 Å². The van der Waals surface area contributed by atoms with E-state index in [1.165, 1.54) is 0 Å². The van der Waals surface area contributed by atoms with Gasteiger partial charge in [0.25, 0.3) is 5.79 Å². The summed E-state index contributed by atoms with van der Waals surface area (Å²) in [6.45, 7) is 0.910. The van der Waals surface area contributed by atoms with E-state index in [2.05, 4.69) is 5.32 Å². The number of likely N-dealkylation sites (tertiary alicyclic amines) is 1. The maximum atomic E-state index is 12.4. The third-order valence-electron chi connectivity index (χ3n) is 5.28. The van der Waals surface area contributed by atoms with Crippen molar-refractivity contribution in [1.29, 1.82) is 0 Å². The number of anilines is 1. The highest BCUT2D eigenvalue weighted by Crippen LogP contribution is 2.47. The number of hydrogen-bond donors (Lipinski definition) is 2. The summed E-state index contributed by atoms with van der Waals surface area (Å²) in [5.41, 5.74) is 0.655. The zero-order valence-electron chi connectivity index (χ0n) is 14.0. The van der Waals surface area contributed by atoms with Crippen molar-refractivity contribution in [2.45, 2.75) is 44.3 Å². The summed E-state index contributed by atoms with van der Waals surface area (Å²) in [6, 6.07) is 5.22. The highest BCUT2D eigenvalue weighted by atomic mass is 16.7. The van der Waals surface area contributed by atoms with Crippen LogP contribution in [0.2, 0.25) is 0 Å². The fraction of sp³-hybridized carbons (Fsp3) is 0.556. The lowest BCUT2D eigenvalue weighted by atomic mass is 9.97. The van der Waals surface area contributed by atoms with E-state index in [0.29, 0.717) is 37.4 Å². The molecule has 0 radical (unpaired) electrons. The molecule has 2 N–H and O–H groups in total. The van der Waals surface area contributed by atoms with Gasteiger partial charge < -0.3 is 24.8 Å². The molecule has 134 valence electrons. The van der Waals surface area contributed by atoms with Crippen LogP contribution in [0.3, 0.4) is 0 Å². The van der Waals surface area contributed by atoms with Crippen LogP contribution in [0.1, 0.15) is 38.5 Å². The molecule has 4 rings (SSSR count). The summed E-state index contributed by atoms with van der Waals surface area (Å²) in [4.78, 5) is 25.0. The van der Waals surface area contributed by atoms with Crippen molar-refractivity contribution in [2.24, 2.45) is 5.92 Å². The number of piperidine rings is 1. The molecular formula is C18H22N2O5. The molecule has 0 aromatic heterocycles. The average Bonchev–Trinajstić information content (AvgIpc) is 3.20. The predicted octanol–water partition coefficient (Wildman–Crippen LogP) is 3.06. The highest BCUT2D eigenvalue weighted by molar-refractivity contribution is 5.90. The number of fused-ring (bicyclic) bond motifs is 1. The molecule has 1 spiro atoms. The first kappa shape index (κ1) is 16.1. The number of rotatable bonds is 2. The Kier molecular flexibility index (Phi) is 3.94. The van der Waals surface area contributed by atoms with Gasteiger partial charge in [0.2, 0.25) is 0 Å². The Bertz CT molecular complexity index is 691. The van der Waals surface area contributed by atoms with E-state index in [1.54, 1.807) is 17.0 Å². The minimum absolute atomic E-state index is 0.210. The van der Waals surface area contributed by atoms with Crippen molar-refractivity contribution in [1.82, 2.24) is 4.90 Å². The Balaban J connectivity index is 1.38. The van der Waals surface area contributed by atoms with E-state index in [-0.39, 0.29) is 11.9 Å². The zero-order valence-corrected chi connectivity index (χ0v) is 14.0. The smallest absolute Gasteiger partial charge is 0.321 e. The lowest BCUT2D eigenvalue weighted by Gasteiger charge is -2.30. The van der Waals surface area contributed by atoms with Crippen LogP contribution >= 0.6 is 0 Å². The van der Waals surface area contributed by atoms with Gasteiger partial charge in [-0.15, -0.1) is 0 Å². The molecule has 0 atom stereocenters. The number of carbonyl (C=O) groups is 2. The van der Waals surface area contributed by atoms with Crippen molar-refractivity contribution in [2.75, 3.05) is 18.4 Å². The number of hydrogen-bond acceptors (Lipinski definition) is 4. The van der Waals surface area contributed by atoms with Gasteiger partial charge in [-0.3, -0.25) is 4.79 Å². The molecule has 2 fully saturated rings. The van der Waals surface area contributed by atoms with Crippen molar-refractivity contribution in [3.05, 3.63) is 18.2 Å². The lowest BCUT2D eigenvalue weighted by molar-refractivity contribution is -0.143. The molecule has 1 aliphatic carbocycles. The summed E-state index contributed by atoms with van der Waals surface area (Å²) in [5.74, 6) is -0.246. The molecule has 7 heteroatoms. The largest absolute Gasteiger partial charge is 0.481 e. The first-order valence-corrected chi connectivity index (χ1v) is 8.85. The fourth-order valence-corrected chi connectivity index (χ4v) is 3.82. The normalized spacial score (nSPS) is 21.5. The van der Waals surface area contributed by atoms with Crippen LogP contribution in [0, 0.1) is 5.92 Å². The first-order valence-electron chi connectivity index (χ1n) is 8.85. The van der Waals surface area contributed by atoms with E-state index >= 15 is 0 Å². The van der Waals surface area contributed by atoms with Gasteiger partial charge in [0.05, 0.1) is 5.92 Å². The molecular weight excluding hydrogens is 324 g/mol. The van der Waals surface area contributed by atoms with Crippen LogP contribution in [-0.2, 0) is 4.79 Å². The van der Waals surface area contributed by atoms with Gasteiger partial charge in [-0.25, -0.2) is 4.79 Å². The second-order valence-corrected chi connectivity index (χ2v) is 7.01. The van der Waals surface area contributed by atoms with Gasteiger partial charge in [-0.2, -0.15) is 0 Å². The number of carboxylic acid groups (broad SMARTS) is 1. The van der Waals surface area contributed by atoms with Gasteiger partial charge in [0.1, 0.15) is 0 Å². The molecule has 1 aromatic carbocycles. The number of nitrogens with zero attached hydrogens (tertiary/aromatic N) is 1. The van der Waals surface area contributed by atoms with E-state index in [0.717, 1.165) is 31.4 Å². The molecule has 2 aliphatic heterocycles. The number of nitrogens with one attached hydrogen (secondary N) is 1. The molecule has 25 heavy (non-hydrogen) atoms. The molecule has 7 nitrogen and oxygen atoms in total. The van der Waals surface area contributed by atoms with E-state index in [4.69, 9.17) is 14.6 Å². The number of aliphatic carboxylic acids is 1. The highest BCUT2D eigenvalue weighted by Gasteiger charge is 2.44. The lowest BCUT2D eigenvalue weighted by Crippen LogP contribution is -2.42. The van der Waals surface area contributed by atoms with Gasteiger partial charge >= 0.3 is 12.0 Å². The van der Waals surface area contributed by atoms with Crippen molar-refractivity contribution in [3.63, 3.8) is 0 Å². The molecule has 1 saturated heterocycles. The zero-order chi connectivity index (χ0) is 17.4. The number of carbonyl (C=O) groups excluding carboxylic acids is 1. The number of urea groups is 1. The first-order chi connectivity index (χ1) is 12.0. The van der Waals surface area contributed by atoms with Crippen LogP contribution in [0.25, 0.3) is 0 Å². The Hall–Kier alpha value is -2.44. The second-order valence-electron chi connectivity index (χ2n) is 7.01. The standard InChI is InChI=1S/C18H22N2O5/c21-16(22)12-5-9-20(10-6-12)17(23)19-13-3-4-14-15(11-13)25-18(24-14)7-1-2-8-18/h3-4,11-12H,1-2,5-10H2,(H,19,23)(H,21,22). The Labute approximate surface area is 145 Å². The number of ether oxygens (including phenoxy) is 2. The summed E-state index contributed by atoms with van der Waals surface area (Å²) < 4.78 is 12.0. The third kappa shape index (κ3) is 3.10. The van der Waals surface area contributed by atoms with Crippen LogP contribution in [0.15, 0.2) is 18.2 Å². The second kappa shape index (κ2) is 6.13. The topological polar surface area (TPSA) is 88.1 Å². The molecule has 2 heterocycles. The van der Waals surface area contributed by atoms with E-state index in [9.17, 15) is 9.59 Å². The number of benzene rings is 1. The fourth-order valence-electron chi connectivity index (χ4n) is 3.82. The van der Waals surface area contributed by atoms with Crippen molar-refractivity contribution in [3.8, 4) is 11.5 Å². The minimum atomic E-state index is -0.781. The average molecular weight is 346 g/mol. The van der Waals surface area contributed by atoms with Gasteiger partial charge in [0.15, 0.2) is 11.5 Å². The van der Waals surface area contributed by atoms with Crippen LogP contribution in [0.5, 0.6) is 11.5 Å². The molecule has 0 unspecified atom stereocenters. The third-order valence-corrected chi connectivity index (χ3v) is 5.28. The molecule has 3 aliphatic rings. The van der Waals surface area contributed by atoms with E-state index in [1.807, 2.05) is 6.07 Å². The summed E-state index contributed by atoms with van der Waals surface area (Å²) >= 11 is 0. The SMILES string of the molecule is O=C(O)C1CCN(C(=O)Nc2ccc3c(c2)OC2(CCCC2)O3)CC1. The van der Waals surface area contributed by atoms with Crippen LogP contribution in [-0.4, -0.2) is 40.9 Å². The predicted molar refractivity (Wildman–Crippen MR) is 89.8 cm³/mol. The van der Waals surface area contributed by atoms with Crippen LogP contribution in [0.4, 0.5) is 10.5 Å². The Morgan fingerprint density at radius 3 is 2.48 bits per heavy atom. The minimum Gasteiger partial charge on any atom is -0.481 e. The maximum absolute atomic E-state index is 12.4.